The molecule has 2 heterocycles. The van der Waals surface area contributed by atoms with Crippen LogP contribution in [-0.4, -0.2) is 9.38 Å². The Morgan fingerprint density at radius 1 is 1.47 bits per heavy atom. The van der Waals surface area contributed by atoms with Crippen LogP contribution in [0.4, 0.5) is 0 Å². The molecule has 0 bridgehead atoms. The van der Waals surface area contributed by atoms with E-state index in [1.54, 1.807) is 0 Å². The molecule has 2 aromatic rings. The molecule has 0 amide bonds. The van der Waals surface area contributed by atoms with E-state index in [0.29, 0.717) is 0 Å². The highest BCUT2D eigenvalue weighted by Gasteiger charge is 2.10. The molecular formula is C12H17N3. The fourth-order valence-corrected chi connectivity index (χ4v) is 1.84. The van der Waals surface area contributed by atoms with E-state index in [2.05, 4.69) is 35.5 Å². The molecule has 3 heteroatoms. The Morgan fingerprint density at radius 3 is 3.00 bits per heavy atom. The number of nitrogens with two attached hydrogens (primary N) is 1. The van der Waals surface area contributed by atoms with Gasteiger partial charge in [0.25, 0.3) is 0 Å². The van der Waals surface area contributed by atoms with E-state index in [1.807, 2.05) is 12.3 Å². The topological polar surface area (TPSA) is 43.3 Å². The Labute approximate surface area is 89.9 Å². The van der Waals surface area contributed by atoms with Crippen LogP contribution in [0.2, 0.25) is 0 Å². The molecule has 0 saturated heterocycles. The van der Waals surface area contributed by atoms with Crippen LogP contribution < -0.4 is 5.73 Å². The second kappa shape index (κ2) is 4.03. The summed E-state index contributed by atoms with van der Waals surface area (Å²) in [4.78, 5) is 4.35. The van der Waals surface area contributed by atoms with Gasteiger partial charge in [-0.2, -0.15) is 0 Å². The van der Waals surface area contributed by atoms with Crippen molar-refractivity contribution in [3.05, 3.63) is 35.8 Å². The lowest BCUT2D eigenvalue weighted by atomic mass is 10.1. The first-order chi connectivity index (χ1) is 7.22. The van der Waals surface area contributed by atoms with Crippen LogP contribution in [0.25, 0.3) is 5.65 Å². The molecule has 1 atom stereocenters. The Hall–Kier alpha value is -1.35. The maximum Gasteiger partial charge on any atom is 0.136 e. The summed E-state index contributed by atoms with van der Waals surface area (Å²) in [6, 6.07) is 4.18. The molecule has 0 aliphatic carbocycles. The predicted molar refractivity (Wildman–Crippen MR) is 61.8 cm³/mol. The third-order valence-corrected chi connectivity index (χ3v) is 2.66. The van der Waals surface area contributed by atoms with E-state index >= 15 is 0 Å². The van der Waals surface area contributed by atoms with Crippen LogP contribution in [0.1, 0.15) is 37.1 Å². The molecule has 0 aromatic carbocycles. The van der Waals surface area contributed by atoms with Gasteiger partial charge < -0.3 is 10.1 Å². The summed E-state index contributed by atoms with van der Waals surface area (Å²) in [5, 5.41) is 0. The number of imidazole rings is 1. The van der Waals surface area contributed by atoms with Crippen LogP contribution in [-0.2, 0) is 0 Å². The highest BCUT2D eigenvalue weighted by molar-refractivity contribution is 5.42. The SMILES string of the molecule is CCCC(N)c1cnc2ccc(C)cn12. The predicted octanol–water partition coefficient (Wildman–Crippen LogP) is 2.44. The number of fused-ring (bicyclic) bond motifs is 1. The molecule has 2 aromatic heterocycles. The van der Waals surface area contributed by atoms with Gasteiger partial charge in [0.1, 0.15) is 5.65 Å². The van der Waals surface area contributed by atoms with Gasteiger partial charge in [-0.05, 0) is 25.0 Å². The fraction of sp³-hybridized carbons (Fsp3) is 0.417. The van der Waals surface area contributed by atoms with E-state index in [-0.39, 0.29) is 6.04 Å². The summed E-state index contributed by atoms with van der Waals surface area (Å²) in [5.41, 5.74) is 9.41. The minimum Gasteiger partial charge on any atom is -0.323 e. The Bertz CT molecular complexity index is 459. The molecule has 3 nitrogen and oxygen atoms in total. The van der Waals surface area contributed by atoms with E-state index in [9.17, 15) is 0 Å². The molecule has 1 unspecified atom stereocenters. The van der Waals surface area contributed by atoms with Crippen LogP contribution in [0, 0.1) is 6.92 Å². The number of aryl methyl sites for hydroxylation is 1. The molecule has 15 heavy (non-hydrogen) atoms. The summed E-state index contributed by atoms with van der Waals surface area (Å²) in [7, 11) is 0. The summed E-state index contributed by atoms with van der Waals surface area (Å²) < 4.78 is 2.09. The first kappa shape index (κ1) is 10.2. The first-order valence-electron chi connectivity index (χ1n) is 5.41. The van der Waals surface area contributed by atoms with Gasteiger partial charge in [0.15, 0.2) is 0 Å². The van der Waals surface area contributed by atoms with E-state index in [4.69, 9.17) is 5.73 Å². The van der Waals surface area contributed by atoms with Crippen molar-refractivity contribution in [2.75, 3.05) is 0 Å². The Morgan fingerprint density at radius 2 is 2.27 bits per heavy atom. The first-order valence-corrected chi connectivity index (χ1v) is 5.41. The van der Waals surface area contributed by atoms with Crippen LogP contribution in [0.15, 0.2) is 24.5 Å². The van der Waals surface area contributed by atoms with Gasteiger partial charge in [0, 0.05) is 12.2 Å². The third kappa shape index (κ3) is 1.88. The van der Waals surface area contributed by atoms with Crippen molar-refractivity contribution in [2.45, 2.75) is 32.7 Å². The van der Waals surface area contributed by atoms with Gasteiger partial charge in [0.2, 0.25) is 0 Å². The number of pyridine rings is 1. The van der Waals surface area contributed by atoms with Gasteiger partial charge in [-0.25, -0.2) is 4.98 Å². The van der Waals surface area contributed by atoms with Crippen LogP contribution in [0.3, 0.4) is 0 Å². The molecule has 2 rings (SSSR count). The quantitative estimate of drug-likeness (QED) is 0.832. The molecular weight excluding hydrogens is 186 g/mol. The Kier molecular flexibility index (Phi) is 2.73. The number of rotatable bonds is 3. The molecule has 0 radical (unpaired) electrons. The Balaban J connectivity index is 2.47. The van der Waals surface area contributed by atoms with E-state index < -0.39 is 0 Å². The molecule has 0 aliphatic rings. The zero-order valence-electron chi connectivity index (χ0n) is 9.27. The number of hydrogen-bond donors (Lipinski definition) is 1. The lowest BCUT2D eigenvalue weighted by molar-refractivity contribution is 0.617. The number of hydrogen-bond acceptors (Lipinski definition) is 2. The highest BCUT2D eigenvalue weighted by Crippen LogP contribution is 2.17. The largest absolute Gasteiger partial charge is 0.323 e. The lowest BCUT2D eigenvalue weighted by Crippen LogP contribution is -2.12. The standard InChI is InChI=1S/C12H17N3/c1-3-4-10(13)11-7-14-12-6-5-9(2)8-15(11)12/h5-8,10H,3-4,13H2,1-2H3. The minimum atomic E-state index is 0.0896. The summed E-state index contributed by atoms with van der Waals surface area (Å²) in [6.45, 7) is 4.23. The monoisotopic (exact) mass is 203 g/mol. The van der Waals surface area contributed by atoms with Crippen molar-refractivity contribution in [1.82, 2.24) is 9.38 Å². The fourth-order valence-electron chi connectivity index (χ4n) is 1.84. The van der Waals surface area contributed by atoms with Gasteiger partial charge in [0.05, 0.1) is 11.9 Å². The van der Waals surface area contributed by atoms with Crippen molar-refractivity contribution in [3.63, 3.8) is 0 Å². The van der Waals surface area contributed by atoms with Crippen LogP contribution in [0.5, 0.6) is 0 Å². The summed E-state index contributed by atoms with van der Waals surface area (Å²) in [5.74, 6) is 0. The molecule has 2 N–H and O–H groups in total. The molecule has 0 aliphatic heterocycles. The normalized spacial score (nSPS) is 13.3. The van der Waals surface area contributed by atoms with Gasteiger partial charge >= 0.3 is 0 Å². The molecule has 80 valence electrons. The minimum absolute atomic E-state index is 0.0896. The summed E-state index contributed by atoms with van der Waals surface area (Å²) >= 11 is 0. The maximum atomic E-state index is 6.11. The average molecular weight is 203 g/mol. The van der Waals surface area contributed by atoms with Crippen molar-refractivity contribution >= 4 is 5.65 Å². The van der Waals surface area contributed by atoms with Crippen molar-refractivity contribution < 1.29 is 0 Å². The highest BCUT2D eigenvalue weighted by atomic mass is 15.0. The third-order valence-electron chi connectivity index (χ3n) is 2.66. The van der Waals surface area contributed by atoms with Gasteiger partial charge in [-0.15, -0.1) is 0 Å². The molecule has 0 fully saturated rings. The van der Waals surface area contributed by atoms with Crippen molar-refractivity contribution in [1.29, 1.82) is 0 Å². The summed E-state index contributed by atoms with van der Waals surface area (Å²) in [6.07, 6.45) is 6.07. The van der Waals surface area contributed by atoms with Gasteiger partial charge in [-0.1, -0.05) is 19.4 Å². The zero-order valence-corrected chi connectivity index (χ0v) is 9.27. The van der Waals surface area contributed by atoms with Crippen LogP contribution >= 0.6 is 0 Å². The maximum absolute atomic E-state index is 6.11. The van der Waals surface area contributed by atoms with Gasteiger partial charge in [-0.3, -0.25) is 0 Å². The molecule has 0 spiro atoms. The lowest BCUT2D eigenvalue weighted by Gasteiger charge is -2.10. The number of nitrogens with zero attached hydrogens (tertiary/aromatic N) is 2. The van der Waals surface area contributed by atoms with E-state index in [1.165, 1.54) is 5.56 Å². The van der Waals surface area contributed by atoms with Crippen molar-refractivity contribution in [2.24, 2.45) is 5.73 Å². The second-order valence-corrected chi connectivity index (χ2v) is 4.01. The zero-order chi connectivity index (χ0) is 10.8. The second-order valence-electron chi connectivity index (χ2n) is 4.01. The van der Waals surface area contributed by atoms with E-state index in [0.717, 1.165) is 24.2 Å². The number of aromatic nitrogens is 2. The van der Waals surface area contributed by atoms with Crippen molar-refractivity contribution in [3.8, 4) is 0 Å². The average Bonchev–Trinajstić information content (AvgIpc) is 2.60. The molecule has 0 saturated carbocycles. The smallest absolute Gasteiger partial charge is 0.136 e.